The topological polar surface area (TPSA) is 41.6 Å². The van der Waals surface area contributed by atoms with Gasteiger partial charge in [0.05, 0.1) is 30.5 Å². The van der Waals surface area contributed by atoms with Crippen LogP contribution in [0, 0.1) is 0 Å². The van der Waals surface area contributed by atoms with Crippen molar-refractivity contribution in [3.8, 4) is 0 Å². The molecule has 4 aliphatic rings. The molecule has 1 N–H and O–H groups in total. The summed E-state index contributed by atoms with van der Waals surface area (Å²) in [5, 5.41) is 3.49. The van der Waals surface area contributed by atoms with E-state index in [1.807, 2.05) is 0 Å². The Bertz CT molecular complexity index is 351. The Morgan fingerprint density at radius 1 is 1.29 bits per heavy atom. The molecule has 1 amide bonds. The number of ether oxygens (including phenoxy) is 1. The summed E-state index contributed by atoms with van der Waals surface area (Å²) in [4.78, 5) is 14.7. The summed E-state index contributed by atoms with van der Waals surface area (Å²) in [5.74, 6) is 0.358. The number of nitrogens with zero attached hydrogens (tertiary/aromatic N) is 1. The van der Waals surface area contributed by atoms with Crippen LogP contribution < -0.4 is 5.32 Å². The summed E-state index contributed by atoms with van der Waals surface area (Å²) in [6, 6.07) is 0.355. The summed E-state index contributed by atoms with van der Waals surface area (Å²) in [5.41, 5.74) is -0.193. The highest BCUT2D eigenvalue weighted by Gasteiger charge is 2.53. The first-order chi connectivity index (χ1) is 8.28. The zero-order valence-corrected chi connectivity index (χ0v) is 10.2. The van der Waals surface area contributed by atoms with Crippen LogP contribution in [0.15, 0.2) is 0 Å². The number of rotatable bonds is 1. The van der Waals surface area contributed by atoms with E-state index < -0.39 is 0 Å². The van der Waals surface area contributed by atoms with Crippen LogP contribution in [0.25, 0.3) is 0 Å². The minimum atomic E-state index is -0.193. The second kappa shape index (κ2) is 3.45. The average Bonchev–Trinajstić information content (AvgIpc) is 3.08. The van der Waals surface area contributed by atoms with E-state index in [1.54, 1.807) is 0 Å². The monoisotopic (exact) mass is 236 g/mol. The molecule has 3 aliphatic heterocycles. The number of hydrogen-bond acceptors (Lipinski definition) is 3. The van der Waals surface area contributed by atoms with Crippen LogP contribution in [0.5, 0.6) is 0 Å². The van der Waals surface area contributed by atoms with Crippen molar-refractivity contribution in [2.45, 2.75) is 68.7 Å². The number of carbonyl (C=O) groups is 1. The molecule has 1 saturated carbocycles. The van der Waals surface area contributed by atoms with Gasteiger partial charge in [0.1, 0.15) is 0 Å². The molecule has 0 aromatic carbocycles. The highest BCUT2D eigenvalue weighted by atomic mass is 16.5. The second-order valence-corrected chi connectivity index (χ2v) is 6.08. The molecule has 0 aromatic heterocycles. The van der Waals surface area contributed by atoms with Gasteiger partial charge in [-0.3, -0.25) is 10.1 Å². The molecule has 17 heavy (non-hydrogen) atoms. The van der Waals surface area contributed by atoms with Gasteiger partial charge in [-0.2, -0.15) is 0 Å². The molecule has 1 aliphatic carbocycles. The van der Waals surface area contributed by atoms with Gasteiger partial charge in [-0.15, -0.1) is 0 Å². The maximum Gasteiger partial charge on any atom is 0.244 e. The second-order valence-electron chi connectivity index (χ2n) is 6.08. The van der Waals surface area contributed by atoms with E-state index in [1.165, 1.54) is 19.3 Å². The number of hydrogen-bond donors (Lipinski definition) is 1. The zero-order chi connectivity index (χ0) is 11.5. The molecule has 4 nitrogen and oxygen atoms in total. The molecule has 0 aromatic rings. The number of nitrogens with one attached hydrogen (secondary N) is 1. The van der Waals surface area contributed by atoms with Crippen LogP contribution in [0.4, 0.5) is 0 Å². The van der Waals surface area contributed by atoms with E-state index in [-0.39, 0.29) is 5.54 Å². The normalized spacial score (nSPS) is 43.2. The van der Waals surface area contributed by atoms with E-state index in [2.05, 4.69) is 10.2 Å². The van der Waals surface area contributed by atoms with Gasteiger partial charge in [0.15, 0.2) is 0 Å². The predicted octanol–water partition coefficient (Wildman–Crippen LogP) is 1.01. The SMILES string of the molecule is O=C1N(C2CC3CCC2O3)CNC12CCCC2. The largest absolute Gasteiger partial charge is 0.373 e. The Hall–Kier alpha value is -0.610. The van der Waals surface area contributed by atoms with E-state index in [0.717, 1.165) is 32.4 Å². The summed E-state index contributed by atoms with van der Waals surface area (Å²) in [6.07, 6.45) is 8.61. The lowest BCUT2D eigenvalue weighted by Crippen LogP contribution is -2.47. The van der Waals surface area contributed by atoms with Crippen LogP contribution in [0.3, 0.4) is 0 Å². The smallest absolute Gasteiger partial charge is 0.244 e. The fourth-order valence-electron chi connectivity index (χ4n) is 4.23. The lowest BCUT2D eigenvalue weighted by atomic mass is 9.92. The van der Waals surface area contributed by atoms with Gasteiger partial charge < -0.3 is 9.64 Å². The third-order valence-corrected chi connectivity index (χ3v) is 5.19. The first-order valence-corrected chi connectivity index (χ1v) is 7.00. The molecule has 4 heteroatoms. The Morgan fingerprint density at radius 2 is 2.12 bits per heavy atom. The standard InChI is InChI=1S/C13H20N2O2/c16-12-13(5-1-2-6-13)14-8-15(12)10-7-9-3-4-11(10)17-9/h9-11,14H,1-8H2. The van der Waals surface area contributed by atoms with Gasteiger partial charge in [-0.1, -0.05) is 12.8 Å². The van der Waals surface area contributed by atoms with Crippen molar-refractivity contribution in [1.82, 2.24) is 10.2 Å². The first kappa shape index (κ1) is 10.3. The molecule has 3 saturated heterocycles. The Balaban J connectivity index is 1.55. The highest BCUT2D eigenvalue weighted by Crippen LogP contribution is 2.41. The molecule has 1 spiro atoms. The molecular weight excluding hydrogens is 216 g/mol. The quantitative estimate of drug-likeness (QED) is 0.738. The van der Waals surface area contributed by atoms with Crippen molar-refractivity contribution >= 4 is 5.91 Å². The van der Waals surface area contributed by atoms with Crippen LogP contribution in [0.1, 0.15) is 44.9 Å². The molecule has 4 rings (SSSR count). The van der Waals surface area contributed by atoms with Crippen molar-refractivity contribution < 1.29 is 9.53 Å². The van der Waals surface area contributed by atoms with Gasteiger partial charge in [-0.25, -0.2) is 0 Å². The number of amides is 1. The van der Waals surface area contributed by atoms with Crippen molar-refractivity contribution in [3.05, 3.63) is 0 Å². The summed E-state index contributed by atoms with van der Waals surface area (Å²) >= 11 is 0. The lowest BCUT2D eigenvalue weighted by molar-refractivity contribution is -0.135. The molecule has 2 bridgehead atoms. The molecule has 3 unspecified atom stereocenters. The first-order valence-electron chi connectivity index (χ1n) is 7.00. The minimum absolute atomic E-state index is 0.193. The number of fused-ring (bicyclic) bond motifs is 2. The maximum atomic E-state index is 12.6. The van der Waals surface area contributed by atoms with E-state index in [0.29, 0.717) is 24.2 Å². The predicted molar refractivity (Wildman–Crippen MR) is 62.3 cm³/mol. The van der Waals surface area contributed by atoms with Crippen molar-refractivity contribution in [1.29, 1.82) is 0 Å². The van der Waals surface area contributed by atoms with Crippen molar-refractivity contribution in [2.24, 2.45) is 0 Å². The Morgan fingerprint density at radius 3 is 2.76 bits per heavy atom. The molecule has 3 atom stereocenters. The maximum absolute atomic E-state index is 12.6. The van der Waals surface area contributed by atoms with Crippen LogP contribution >= 0.6 is 0 Å². The minimum Gasteiger partial charge on any atom is -0.373 e. The van der Waals surface area contributed by atoms with Gasteiger partial charge in [0.2, 0.25) is 5.91 Å². The fraction of sp³-hybridized carbons (Fsp3) is 0.923. The lowest BCUT2D eigenvalue weighted by Gasteiger charge is -2.30. The van der Waals surface area contributed by atoms with E-state index in [9.17, 15) is 4.79 Å². The fourth-order valence-corrected chi connectivity index (χ4v) is 4.23. The highest BCUT2D eigenvalue weighted by molar-refractivity contribution is 5.89. The molecule has 0 radical (unpaired) electrons. The zero-order valence-electron chi connectivity index (χ0n) is 10.2. The third kappa shape index (κ3) is 1.34. The van der Waals surface area contributed by atoms with Gasteiger partial charge in [0.25, 0.3) is 0 Å². The van der Waals surface area contributed by atoms with Crippen LogP contribution in [-0.4, -0.2) is 41.3 Å². The Kier molecular flexibility index (Phi) is 2.10. The third-order valence-electron chi connectivity index (χ3n) is 5.19. The van der Waals surface area contributed by atoms with Crippen molar-refractivity contribution in [2.75, 3.05) is 6.67 Å². The molecule has 94 valence electrons. The average molecular weight is 236 g/mol. The van der Waals surface area contributed by atoms with E-state index in [4.69, 9.17) is 4.74 Å². The van der Waals surface area contributed by atoms with E-state index >= 15 is 0 Å². The molecular formula is C13H20N2O2. The molecule has 3 heterocycles. The molecule has 4 fully saturated rings. The summed E-state index contributed by atoms with van der Waals surface area (Å²) < 4.78 is 5.88. The van der Waals surface area contributed by atoms with Gasteiger partial charge in [-0.05, 0) is 32.1 Å². The Labute approximate surface area is 102 Å². The summed E-state index contributed by atoms with van der Waals surface area (Å²) in [7, 11) is 0. The van der Waals surface area contributed by atoms with Crippen molar-refractivity contribution in [3.63, 3.8) is 0 Å². The van der Waals surface area contributed by atoms with Crippen LogP contribution in [0.2, 0.25) is 0 Å². The van der Waals surface area contributed by atoms with Crippen LogP contribution in [-0.2, 0) is 9.53 Å². The summed E-state index contributed by atoms with van der Waals surface area (Å²) in [6.45, 7) is 0.746. The number of carbonyl (C=O) groups excluding carboxylic acids is 1. The van der Waals surface area contributed by atoms with Gasteiger partial charge in [0, 0.05) is 0 Å². The van der Waals surface area contributed by atoms with Gasteiger partial charge >= 0.3 is 0 Å².